The highest BCUT2D eigenvalue weighted by Crippen LogP contribution is 2.29. The molecule has 0 saturated carbocycles. The van der Waals surface area contributed by atoms with E-state index >= 15 is 0 Å². The minimum absolute atomic E-state index is 0.319. The second-order valence-corrected chi connectivity index (χ2v) is 4.79. The van der Waals surface area contributed by atoms with Crippen molar-refractivity contribution in [3.63, 3.8) is 0 Å². The Kier molecular flexibility index (Phi) is 5.21. The number of hydrogen-bond acceptors (Lipinski definition) is 3. The van der Waals surface area contributed by atoms with Crippen LogP contribution in [-0.2, 0) is 11.2 Å². The molecular formula is C15H23NO3. The van der Waals surface area contributed by atoms with Gasteiger partial charge in [0.15, 0.2) is 0 Å². The number of benzene rings is 1. The van der Waals surface area contributed by atoms with E-state index < -0.39 is 0 Å². The Hall–Kier alpha value is -1.71. The van der Waals surface area contributed by atoms with Gasteiger partial charge in [-0.1, -0.05) is 6.07 Å². The van der Waals surface area contributed by atoms with Crippen molar-refractivity contribution in [1.82, 2.24) is 4.90 Å². The summed E-state index contributed by atoms with van der Waals surface area (Å²) in [7, 11) is 4.81. The first-order valence-electron chi connectivity index (χ1n) is 6.35. The predicted octanol–water partition coefficient (Wildman–Crippen LogP) is 2.86. The standard InChI is InChI=1S/C15H23NO3/c1-10-9-11(2)13(14(18-5)12(10)3)7-8-16(4)15(17)19-6/h9H,7-8H2,1-6H3. The lowest BCUT2D eigenvalue weighted by Crippen LogP contribution is -2.28. The van der Waals surface area contributed by atoms with Crippen LogP contribution in [0.1, 0.15) is 22.3 Å². The highest BCUT2D eigenvalue weighted by molar-refractivity contribution is 5.67. The molecule has 1 aromatic carbocycles. The molecule has 1 amide bonds. The van der Waals surface area contributed by atoms with E-state index in [1.54, 1.807) is 19.1 Å². The quantitative estimate of drug-likeness (QED) is 0.840. The number of rotatable bonds is 4. The molecule has 0 bridgehead atoms. The molecule has 0 atom stereocenters. The predicted molar refractivity (Wildman–Crippen MR) is 75.9 cm³/mol. The molecule has 0 aliphatic heterocycles. The lowest BCUT2D eigenvalue weighted by molar-refractivity contribution is 0.133. The van der Waals surface area contributed by atoms with Gasteiger partial charge >= 0.3 is 6.09 Å². The number of methoxy groups -OCH3 is 2. The summed E-state index contributed by atoms with van der Waals surface area (Å²) in [4.78, 5) is 12.9. The number of nitrogens with zero attached hydrogens (tertiary/aromatic N) is 1. The Balaban J connectivity index is 2.95. The topological polar surface area (TPSA) is 38.8 Å². The Bertz CT molecular complexity index is 469. The molecule has 0 aliphatic rings. The van der Waals surface area contributed by atoms with Crippen molar-refractivity contribution in [1.29, 1.82) is 0 Å². The maximum atomic E-state index is 11.4. The van der Waals surface area contributed by atoms with Gasteiger partial charge in [-0.15, -0.1) is 0 Å². The van der Waals surface area contributed by atoms with Crippen molar-refractivity contribution >= 4 is 6.09 Å². The summed E-state index contributed by atoms with van der Waals surface area (Å²) in [5, 5.41) is 0. The summed E-state index contributed by atoms with van der Waals surface area (Å²) in [5.74, 6) is 0.927. The minimum Gasteiger partial charge on any atom is -0.496 e. The molecule has 1 aromatic rings. The number of carbonyl (C=O) groups excluding carboxylic acids is 1. The zero-order valence-corrected chi connectivity index (χ0v) is 12.7. The summed E-state index contributed by atoms with van der Waals surface area (Å²) in [5.41, 5.74) is 4.72. The second-order valence-electron chi connectivity index (χ2n) is 4.79. The van der Waals surface area contributed by atoms with E-state index in [2.05, 4.69) is 31.6 Å². The first-order valence-corrected chi connectivity index (χ1v) is 6.35. The zero-order valence-electron chi connectivity index (χ0n) is 12.7. The van der Waals surface area contributed by atoms with Crippen molar-refractivity contribution in [2.75, 3.05) is 27.8 Å². The molecule has 1 rings (SSSR count). The fraction of sp³-hybridized carbons (Fsp3) is 0.533. The van der Waals surface area contributed by atoms with E-state index in [-0.39, 0.29) is 6.09 Å². The van der Waals surface area contributed by atoms with Crippen molar-refractivity contribution in [2.45, 2.75) is 27.2 Å². The molecule has 4 nitrogen and oxygen atoms in total. The van der Waals surface area contributed by atoms with Gasteiger partial charge in [0, 0.05) is 13.6 Å². The third kappa shape index (κ3) is 3.40. The van der Waals surface area contributed by atoms with E-state index in [4.69, 9.17) is 4.74 Å². The molecule has 0 radical (unpaired) electrons. The van der Waals surface area contributed by atoms with Crippen molar-refractivity contribution < 1.29 is 14.3 Å². The molecule has 0 spiro atoms. The lowest BCUT2D eigenvalue weighted by Gasteiger charge is -2.19. The van der Waals surface area contributed by atoms with Crippen LogP contribution in [0.25, 0.3) is 0 Å². The summed E-state index contributed by atoms with van der Waals surface area (Å²) in [6, 6.07) is 2.16. The van der Waals surface area contributed by atoms with E-state index in [1.165, 1.54) is 18.2 Å². The van der Waals surface area contributed by atoms with E-state index in [0.29, 0.717) is 6.54 Å². The number of amides is 1. The molecular weight excluding hydrogens is 242 g/mol. The Morgan fingerprint density at radius 2 is 1.84 bits per heavy atom. The van der Waals surface area contributed by atoms with Crippen molar-refractivity contribution in [3.8, 4) is 5.75 Å². The average Bonchev–Trinajstić information content (AvgIpc) is 2.39. The van der Waals surface area contributed by atoms with Crippen LogP contribution in [0, 0.1) is 20.8 Å². The van der Waals surface area contributed by atoms with Crippen LogP contribution in [0.15, 0.2) is 6.07 Å². The third-order valence-electron chi connectivity index (χ3n) is 3.50. The Labute approximate surface area is 115 Å². The Morgan fingerprint density at radius 3 is 2.37 bits per heavy atom. The van der Waals surface area contributed by atoms with Crippen LogP contribution in [0.5, 0.6) is 5.75 Å². The number of likely N-dealkylation sites (N-methyl/N-ethyl adjacent to an activating group) is 1. The van der Waals surface area contributed by atoms with Gasteiger partial charge in [-0.2, -0.15) is 0 Å². The number of aryl methyl sites for hydroxylation is 2. The maximum absolute atomic E-state index is 11.4. The van der Waals surface area contributed by atoms with Gasteiger partial charge in [0.25, 0.3) is 0 Å². The summed E-state index contributed by atoms with van der Waals surface area (Å²) < 4.78 is 10.2. The molecule has 0 N–H and O–H groups in total. The first-order chi connectivity index (χ1) is 8.92. The molecule has 4 heteroatoms. The smallest absolute Gasteiger partial charge is 0.409 e. The monoisotopic (exact) mass is 265 g/mol. The van der Waals surface area contributed by atoms with E-state index in [0.717, 1.165) is 23.3 Å². The van der Waals surface area contributed by atoms with E-state index in [1.807, 2.05) is 0 Å². The minimum atomic E-state index is -0.319. The molecule has 0 fully saturated rings. The molecule has 0 aliphatic carbocycles. The van der Waals surface area contributed by atoms with E-state index in [9.17, 15) is 4.79 Å². The summed E-state index contributed by atoms with van der Waals surface area (Å²) in [6.45, 7) is 6.81. The number of hydrogen-bond donors (Lipinski definition) is 0. The van der Waals surface area contributed by atoms with Gasteiger partial charge in [0.1, 0.15) is 5.75 Å². The Morgan fingerprint density at radius 1 is 1.21 bits per heavy atom. The van der Waals surface area contributed by atoms with Crippen LogP contribution in [0.3, 0.4) is 0 Å². The van der Waals surface area contributed by atoms with Crippen LogP contribution < -0.4 is 4.74 Å². The fourth-order valence-corrected chi connectivity index (χ4v) is 2.22. The molecule has 19 heavy (non-hydrogen) atoms. The van der Waals surface area contributed by atoms with Gasteiger partial charge < -0.3 is 14.4 Å². The molecule has 0 saturated heterocycles. The molecule has 106 valence electrons. The van der Waals surface area contributed by atoms with Gasteiger partial charge in [-0.05, 0) is 49.4 Å². The summed E-state index contributed by atoms with van der Waals surface area (Å²) >= 11 is 0. The highest BCUT2D eigenvalue weighted by Gasteiger charge is 2.14. The van der Waals surface area contributed by atoms with Gasteiger partial charge in [0.2, 0.25) is 0 Å². The number of ether oxygens (including phenoxy) is 2. The third-order valence-corrected chi connectivity index (χ3v) is 3.50. The fourth-order valence-electron chi connectivity index (χ4n) is 2.22. The molecule has 0 heterocycles. The average molecular weight is 265 g/mol. The van der Waals surface area contributed by atoms with Crippen molar-refractivity contribution in [3.05, 3.63) is 28.3 Å². The normalized spacial score (nSPS) is 10.2. The second kappa shape index (κ2) is 6.45. The van der Waals surface area contributed by atoms with Crippen molar-refractivity contribution in [2.24, 2.45) is 0 Å². The van der Waals surface area contributed by atoms with Crippen LogP contribution in [0.2, 0.25) is 0 Å². The first kappa shape index (κ1) is 15.3. The highest BCUT2D eigenvalue weighted by atomic mass is 16.5. The molecule has 0 aromatic heterocycles. The van der Waals surface area contributed by atoms with Crippen LogP contribution >= 0.6 is 0 Å². The largest absolute Gasteiger partial charge is 0.496 e. The lowest BCUT2D eigenvalue weighted by atomic mass is 9.97. The molecule has 0 unspecified atom stereocenters. The maximum Gasteiger partial charge on any atom is 0.409 e. The zero-order chi connectivity index (χ0) is 14.6. The van der Waals surface area contributed by atoms with Gasteiger partial charge in [0.05, 0.1) is 14.2 Å². The van der Waals surface area contributed by atoms with Crippen LogP contribution in [0.4, 0.5) is 4.79 Å². The van der Waals surface area contributed by atoms with Gasteiger partial charge in [-0.25, -0.2) is 4.79 Å². The van der Waals surface area contributed by atoms with Gasteiger partial charge in [-0.3, -0.25) is 0 Å². The SMILES string of the molecule is COC(=O)N(C)CCc1c(C)cc(C)c(C)c1OC. The van der Waals surface area contributed by atoms with Crippen LogP contribution in [-0.4, -0.2) is 38.8 Å². The summed E-state index contributed by atoms with van der Waals surface area (Å²) in [6.07, 6.45) is 0.433. The number of carbonyl (C=O) groups is 1.